The van der Waals surface area contributed by atoms with Crippen LogP contribution in [0.25, 0.3) is 0 Å². The van der Waals surface area contributed by atoms with Crippen LogP contribution in [0, 0.1) is 0 Å². The van der Waals surface area contributed by atoms with Gasteiger partial charge in [-0.1, -0.05) is 12.1 Å². The van der Waals surface area contributed by atoms with Crippen molar-refractivity contribution >= 4 is 29.3 Å². The highest BCUT2D eigenvalue weighted by atomic mass is 35.5. The van der Waals surface area contributed by atoms with Crippen molar-refractivity contribution in [1.29, 1.82) is 0 Å². The van der Waals surface area contributed by atoms with Gasteiger partial charge in [-0.2, -0.15) is 15.0 Å². The third-order valence-corrected chi connectivity index (χ3v) is 3.34. The molecule has 1 aromatic heterocycles. The van der Waals surface area contributed by atoms with Crippen molar-refractivity contribution in [3.8, 4) is 5.75 Å². The number of para-hydroxylation sites is 1. The van der Waals surface area contributed by atoms with E-state index in [0.29, 0.717) is 11.1 Å². The largest absolute Gasteiger partial charge is 0.496 e. The summed E-state index contributed by atoms with van der Waals surface area (Å²) in [5, 5.41) is 0.712. The van der Waals surface area contributed by atoms with Gasteiger partial charge in [0.15, 0.2) is 5.16 Å². The zero-order valence-electron chi connectivity index (χ0n) is 10.8. The number of methoxy groups -OCH3 is 1. The Morgan fingerprint density at radius 2 is 1.89 bits per heavy atom. The molecular formula is C12H13ClN4OS. The van der Waals surface area contributed by atoms with Crippen molar-refractivity contribution in [1.82, 2.24) is 15.0 Å². The fraction of sp³-hybridized carbons (Fsp3) is 0.250. The Balaban J connectivity index is 2.32. The van der Waals surface area contributed by atoms with Crippen LogP contribution in [0.2, 0.25) is 5.28 Å². The predicted molar refractivity (Wildman–Crippen MR) is 76.3 cm³/mol. The van der Waals surface area contributed by atoms with E-state index in [4.69, 9.17) is 16.3 Å². The summed E-state index contributed by atoms with van der Waals surface area (Å²) in [6.07, 6.45) is 0. The second-order valence-corrected chi connectivity index (χ2v) is 5.18. The van der Waals surface area contributed by atoms with Crippen LogP contribution in [0.3, 0.4) is 0 Å². The third kappa shape index (κ3) is 3.48. The Kier molecular flexibility index (Phi) is 4.44. The Morgan fingerprint density at radius 1 is 1.16 bits per heavy atom. The second-order valence-electron chi connectivity index (χ2n) is 3.83. The average molecular weight is 297 g/mol. The average Bonchev–Trinajstić information content (AvgIpc) is 2.38. The minimum atomic E-state index is 0.177. The summed E-state index contributed by atoms with van der Waals surface area (Å²) in [5.74, 6) is 1.30. The molecule has 0 unspecified atom stereocenters. The molecule has 1 aromatic carbocycles. The number of benzene rings is 1. The molecule has 0 saturated heterocycles. The summed E-state index contributed by atoms with van der Waals surface area (Å²) in [6, 6.07) is 7.67. The molecule has 0 bridgehead atoms. The molecule has 0 fully saturated rings. The Morgan fingerprint density at radius 3 is 2.58 bits per heavy atom. The Bertz CT molecular complexity index is 579. The first-order valence-corrected chi connectivity index (χ1v) is 6.69. The van der Waals surface area contributed by atoms with Crippen molar-refractivity contribution in [3.05, 3.63) is 29.5 Å². The summed E-state index contributed by atoms with van der Waals surface area (Å²) < 4.78 is 5.29. The minimum Gasteiger partial charge on any atom is -0.496 e. The molecule has 5 nitrogen and oxygen atoms in total. The number of rotatable bonds is 4. The SMILES string of the molecule is COc1ccccc1Sc1nc(Cl)nc(N(C)C)n1. The fourth-order valence-corrected chi connectivity index (χ4v) is 2.43. The van der Waals surface area contributed by atoms with E-state index in [-0.39, 0.29) is 5.28 Å². The highest BCUT2D eigenvalue weighted by molar-refractivity contribution is 7.99. The van der Waals surface area contributed by atoms with Crippen LogP contribution in [-0.4, -0.2) is 36.2 Å². The lowest BCUT2D eigenvalue weighted by Gasteiger charge is -2.11. The first-order chi connectivity index (χ1) is 9.10. The van der Waals surface area contributed by atoms with E-state index in [2.05, 4.69) is 15.0 Å². The third-order valence-electron chi connectivity index (χ3n) is 2.25. The van der Waals surface area contributed by atoms with Gasteiger partial charge in [-0.3, -0.25) is 0 Å². The molecule has 0 saturated carbocycles. The summed E-state index contributed by atoms with van der Waals surface area (Å²) in [4.78, 5) is 15.2. The molecule has 0 aliphatic rings. The number of anilines is 1. The highest BCUT2D eigenvalue weighted by Crippen LogP contribution is 2.33. The van der Waals surface area contributed by atoms with E-state index in [1.807, 2.05) is 38.4 Å². The van der Waals surface area contributed by atoms with Crippen LogP contribution in [0.5, 0.6) is 5.75 Å². The van der Waals surface area contributed by atoms with Gasteiger partial charge in [0.2, 0.25) is 11.2 Å². The first-order valence-electron chi connectivity index (χ1n) is 5.50. The Labute approximate surface area is 121 Å². The van der Waals surface area contributed by atoms with Gasteiger partial charge in [-0.15, -0.1) is 0 Å². The van der Waals surface area contributed by atoms with Gasteiger partial charge in [-0.25, -0.2) is 0 Å². The molecule has 0 atom stereocenters. The van der Waals surface area contributed by atoms with E-state index < -0.39 is 0 Å². The maximum absolute atomic E-state index is 5.90. The van der Waals surface area contributed by atoms with Gasteiger partial charge >= 0.3 is 0 Å². The van der Waals surface area contributed by atoms with Crippen LogP contribution in [0.15, 0.2) is 34.3 Å². The van der Waals surface area contributed by atoms with Crippen molar-refractivity contribution < 1.29 is 4.74 Å². The molecule has 2 rings (SSSR count). The summed E-state index contributed by atoms with van der Waals surface area (Å²) in [7, 11) is 5.33. The summed E-state index contributed by atoms with van der Waals surface area (Å²) >= 11 is 7.29. The molecule has 0 radical (unpaired) electrons. The lowest BCUT2D eigenvalue weighted by atomic mass is 10.3. The number of hydrogen-bond donors (Lipinski definition) is 0. The van der Waals surface area contributed by atoms with Crippen LogP contribution < -0.4 is 9.64 Å². The highest BCUT2D eigenvalue weighted by Gasteiger charge is 2.10. The van der Waals surface area contributed by atoms with Crippen molar-refractivity contribution in [2.24, 2.45) is 0 Å². The summed E-state index contributed by atoms with van der Waals surface area (Å²) in [6.45, 7) is 0. The summed E-state index contributed by atoms with van der Waals surface area (Å²) in [5.41, 5.74) is 0. The van der Waals surface area contributed by atoms with E-state index in [0.717, 1.165) is 10.6 Å². The second kappa shape index (κ2) is 6.08. The maximum atomic E-state index is 5.90. The van der Waals surface area contributed by atoms with Gasteiger partial charge in [0, 0.05) is 14.1 Å². The normalized spacial score (nSPS) is 10.3. The molecule has 0 spiro atoms. The van der Waals surface area contributed by atoms with Crippen molar-refractivity contribution in [3.63, 3.8) is 0 Å². The monoisotopic (exact) mass is 296 g/mol. The number of halogens is 1. The van der Waals surface area contributed by atoms with E-state index in [1.165, 1.54) is 11.8 Å². The van der Waals surface area contributed by atoms with Crippen LogP contribution in [-0.2, 0) is 0 Å². The molecule has 0 N–H and O–H groups in total. The molecule has 0 aliphatic heterocycles. The molecule has 0 aliphatic carbocycles. The van der Waals surface area contributed by atoms with Crippen LogP contribution in [0.4, 0.5) is 5.95 Å². The zero-order chi connectivity index (χ0) is 13.8. The number of hydrogen-bond acceptors (Lipinski definition) is 6. The molecular weight excluding hydrogens is 284 g/mol. The first kappa shape index (κ1) is 13.9. The fourth-order valence-electron chi connectivity index (χ4n) is 1.37. The van der Waals surface area contributed by atoms with Crippen molar-refractivity contribution in [2.45, 2.75) is 10.1 Å². The van der Waals surface area contributed by atoms with Gasteiger partial charge in [0.1, 0.15) is 5.75 Å². The van der Waals surface area contributed by atoms with Gasteiger partial charge in [-0.05, 0) is 35.5 Å². The van der Waals surface area contributed by atoms with E-state index in [1.54, 1.807) is 12.0 Å². The molecule has 1 heterocycles. The lowest BCUT2D eigenvalue weighted by molar-refractivity contribution is 0.405. The predicted octanol–water partition coefficient (Wildman–Crippen LogP) is 2.75. The van der Waals surface area contributed by atoms with E-state index >= 15 is 0 Å². The minimum absolute atomic E-state index is 0.177. The standard InChI is InChI=1S/C12H13ClN4OS/c1-17(2)11-14-10(13)15-12(16-11)19-9-7-5-4-6-8(9)18-3/h4-7H,1-3H3. The molecule has 2 aromatic rings. The number of aromatic nitrogens is 3. The number of ether oxygens (including phenoxy) is 1. The van der Waals surface area contributed by atoms with Crippen LogP contribution >= 0.6 is 23.4 Å². The van der Waals surface area contributed by atoms with Gasteiger partial charge in [0.25, 0.3) is 0 Å². The van der Waals surface area contributed by atoms with Gasteiger partial charge < -0.3 is 9.64 Å². The maximum Gasteiger partial charge on any atom is 0.230 e. The van der Waals surface area contributed by atoms with Crippen LogP contribution in [0.1, 0.15) is 0 Å². The molecule has 7 heteroatoms. The Hall–Kier alpha value is -1.53. The topological polar surface area (TPSA) is 51.1 Å². The molecule has 19 heavy (non-hydrogen) atoms. The van der Waals surface area contributed by atoms with E-state index in [9.17, 15) is 0 Å². The molecule has 0 amide bonds. The zero-order valence-corrected chi connectivity index (χ0v) is 12.4. The van der Waals surface area contributed by atoms with Gasteiger partial charge in [0.05, 0.1) is 12.0 Å². The smallest absolute Gasteiger partial charge is 0.230 e. The van der Waals surface area contributed by atoms with Crippen molar-refractivity contribution in [2.75, 3.05) is 26.1 Å². The number of nitrogens with zero attached hydrogens (tertiary/aromatic N) is 4. The quantitative estimate of drug-likeness (QED) is 0.865. The molecule has 100 valence electrons. The lowest BCUT2D eigenvalue weighted by Crippen LogP contribution is -2.13.